The lowest BCUT2D eigenvalue weighted by Crippen LogP contribution is -2.46. The molecule has 0 rings (SSSR count). The Morgan fingerprint density at radius 3 is 2.00 bits per heavy atom. The number of carbonyl (C=O) groups excluding carboxylic acids is 2. The molecule has 2 N–H and O–H groups in total. The van der Waals surface area contributed by atoms with Crippen molar-refractivity contribution >= 4 is 20.6 Å². The van der Waals surface area contributed by atoms with Crippen molar-refractivity contribution in [1.29, 1.82) is 0 Å². The molecule has 0 radical (unpaired) electrons. The second-order valence-corrected chi connectivity index (χ2v) is 6.40. The van der Waals surface area contributed by atoms with Gasteiger partial charge in [0.05, 0.1) is 6.54 Å². The van der Waals surface area contributed by atoms with E-state index in [2.05, 4.69) is 10.6 Å². The molecule has 0 aliphatic heterocycles. The molecule has 0 fully saturated rings. The van der Waals surface area contributed by atoms with Gasteiger partial charge in [-0.05, 0) is 0 Å². The largest absolute Gasteiger partial charge is 0.501 e. The van der Waals surface area contributed by atoms with Crippen LogP contribution in [0.4, 0.5) is 0 Å². The minimum absolute atomic E-state index is 0.0309. The molecule has 0 aliphatic carbocycles. The van der Waals surface area contributed by atoms with Crippen molar-refractivity contribution in [3.05, 3.63) is 0 Å². The number of amides is 2. The first-order chi connectivity index (χ1) is 7.99. The van der Waals surface area contributed by atoms with Crippen LogP contribution in [0.2, 0.25) is 6.04 Å². The Kier molecular flexibility index (Phi) is 7.71. The van der Waals surface area contributed by atoms with Crippen LogP contribution >= 0.6 is 0 Å². The topological polar surface area (TPSA) is 85.9 Å². The highest BCUT2D eigenvalue weighted by Crippen LogP contribution is 2.10. The molecule has 0 saturated carbocycles. The van der Waals surface area contributed by atoms with Crippen molar-refractivity contribution in [2.45, 2.75) is 13.0 Å². The summed E-state index contributed by atoms with van der Waals surface area (Å²) in [5.41, 5.74) is 0. The number of hydrogen-bond donors (Lipinski definition) is 2. The monoisotopic (exact) mass is 264 g/mol. The maximum Gasteiger partial charge on any atom is 0.501 e. The fraction of sp³-hybridized carbons (Fsp3) is 0.778. The molecule has 0 saturated heterocycles. The van der Waals surface area contributed by atoms with Gasteiger partial charge in [0, 0.05) is 40.8 Å². The SMILES string of the molecule is CO[Si](CCNC(=O)CNC(C)=O)(OC)OC. The second kappa shape index (κ2) is 8.18. The fourth-order valence-electron chi connectivity index (χ4n) is 1.18. The molecule has 0 bridgehead atoms. The van der Waals surface area contributed by atoms with E-state index in [1.165, 1.54) is 28.3 Å². The number of carbonyl (C=O) groups is 2. The Morgan fingerprint density at radius 1 is 1.06 bits per heavy atom. The third-order valence-corrected chi connectivity index (χ3v) is 4.91. The quantitative estimate of drug-likeness (QED) is 0.556. The number of rotatable bonds is 8. The summed E-state index contributed by atoms with van der Waals surface area (Å²) in [7, 11) is 1.91. The van der Waals surface area contributed by atoms with Crippen LogP contribution in [0.5, 0.6) is 0 Å². The van der Waals surface area contributed by atoms with Crippen LogP contribution in [0.25, 0.3) is 0 Å². The lowest BCUT2D eigenvalue weighted by molar-refractivity contribution is -0.124. The zero-order valence-electron chi connectivity index (χ0n) is 10.7. The molecule has 0 aromatic carbocycles. The van der Waals surface area contributed by atoms with Gasteiger partial charge in [-0.15, -0.1) is 0 Å². The lowest BCUT2D eigenvalue weighted by atomic mass is 10.5. The zero-order chi connectivity index (χ0) is 13.3. The molecule has 0 aliphatic rings. The van der Waals surface area contributed by atoms with Gasteiger partial charge in [0.1, 0.15) is 0 Å². The van der Waals surface area contributed by atoms with E-state index in [1.54, 1.807) is 0 Å². The van der Waals surface area contributed by atoms with Crippen molar-refractivity contribution in [3.63, 3.8) is 0 Å². The van der Waals surface area contributed by atoms with E-state index in [0.717, 1.165) is 0 Å². The molecule has 8 heteroatoms. The van der Waals surface area contributed by atoms with Gasteiger partial charge in [0.2, 0.25) is 11.8 Å². The molecule has 2 amide bonds. The Hall–Kier alpha value is -0.963. The molecule has 17 heavy (non-hydrogen) atoms. The van der Waals surface area contributed by atoms with Crippen molar-refractivity contribution in [3.8, 4) is 0 Å². The molecule has 0 atom stereocenters. The standard InChI is InChI=1S/C9H20N2O5Si/c1-8(12)11-7-9(13)10-5-6-17(14-2,15-3)16-4/h5-7H2,1-4H3,(H,10,13)(H,11,12). The van der Waals surface area contributed by atoms with Crippen LogP contribution in [0.15, 0.2) is 0 Å². The highest BCUT2D eigenvalue weighted by Gasteiger charge is 2.37. The van der Waals surface area contributed by atoms with Gasteiger partial charge in [-0.1, -0.05) is 0 Å². The maximum absolute atomic E-state index is 11.3. The predicted octanol–water partition coefficient (Wildman–Crippen LogP) is -0.883. The number of nitrogens with one attached hydrogen (secondary N) is 2. The van der Waals surface area contributed by atoms with E-state index in [1.807, 2.05) is 0 Å². The van der Waals surface area contributed by atoms with Crippen LogP contribution in [-0.2, 0) is 22.9 Å². The number of hydrogen-bond acceptors (Lipinski definition) is 5. The smallest absolute Gasteiger partial charge is 0.377 e. The molecule has 0 spiro atoms. The van der Waals surface area contributed by atoms with Crippen molar-refractivity contribution < 1.29 is 22.9 Å². The summed E-state index contributed by atoms with van der Waals surface area (Å²) in [4.78, 5) is 21.8. The van der Waals surface area contributed by atoms with E-state index in [9.17, 15) is 9.59 Å². The molecule has 0 aromatic rings. The lowest BCUT2D eigenvalue weighted by Gasteiger charge is -2.24. The summed E-state index contributed by atoms with van der Waals surface area (Å²) < 4.78 is 15.6. The summed E-state index contributed by atoms with van der Waals surface area (Å²) in [5, 5.41) is 5.04. The first kappa shape index (κ1) is 16.0. The molecule has 7 nitrogen and oxygen atoms in total. The summed E-state index contributed by atoms with van der Waals surface area (Å²) >= 11 is 0. The second-order valence-electron chi connectivity index (χ2n) is 3.31. The fourth-order valence-corrected chi connectivity index (χ4v) is 2.72. The highest BCUT2D eigenvalue weighted by atomic mass is 28.4. The average molecular weight is 264 g/mol. The first-order valence-electron chi connectivity index (χ1n) is 5.16. The van der Waals surface area contributed by atoms with Crippen LogP contribution in [0, 0.1) is 0 Å². The minimum Gasteiger partial charge on any atom is -0.377 e. The zero-order valence-corrected chi connectivity index (χ0v) is 11.7. The molecule has 0 heterocycles. The highest BCUT2D eigenvalue weighted by molar-refractivity contribution is 6.60. The third-order valence-electron chi connectivity index (χ3n) is 2.18. The van der Waals surface area contributed by atoms with Gasteiger partial charge in [0.25, 0.3) is 0 Å². The van der Waals surface area contributed by atoms with Crippen molar-refractivity contribution in [2.24, 2.45) is 0 Å². The summed E-state index contributed by atoms with van der Waals surface area (Å²) in [6.45, 7) is 1.70. The van der Waals surface area contributed by atoms with E-state index in [4.69, 9.17) is 13.3 Å². The normalized spacial score (nSPS) is 11.1. The maximum atomic E-state index is 11.3. The van der Waals surface area contributed by atoms with E-state index in [-0.39, 0.29) is 18.4 Å². The molecular formula is C9H20N2O5Si. The summed E-state index contributed by atoms with van der Waals surface area (Å²) in [6, 6.07) is 0.475. The summed E-state index contributed by atoms with van der Waals surface area (Å²) in [6.07, 6.45) is 0. The van der Waals surface area contributed by atoms with Crippen LogP contribution in [0.1, 0.15) is 6.92 Å². The Bertz CT molecular complexity index is 250. The van der Waals surface area contributed by atoms with Gasteiger partial charge in [0.15, 0.2) is 0 Å². The molecule has 0 aromatic heterocycles. The van der Waals surface area contributed by atoms with Crippen molar-refractivity contribution in [2.75, 3.05) is 34.4 Å². The summed E-state index contributed by atoms with van der Waals surface area (Å²) in [5.74, 6) is -0.499. The van der Waals surface area contributed by atoms with E-state index in [0.29, 0.717) is 12.6 Å². The van der Waals surface area contributed by atoms with Crippen molar-refractivity contribution in [1.82, 2.24) is 10.6 Å². The predicted molar refractivity (Wildman–Crippen MR) is 63.3 cm³/mol. The van der Waals surface area contributed by atoms with Gasteiger partial charge >= 0.3 is 8.80 Å². The molecule has 100 valence electrons. The van der Waals surface area contributed by atoms with E-state index < -0.39 is 8.80 Å². The first-order valence-corrected chi connectivity index (χ1v) is 7.09. The average Bonchev–Trinajstić information content (AvgIpc) is 2.33. The van der Waals surface area contributed by atoms with Crippen LogP contribution in [-0.4, -0.2) is 55.0 Å². The third kappa shape index (κ3) is 6.37. The van der Waals surface area contributed by atoms with Gasteiger partial charge < -0.3 is 23.9 Å². The Labute approximate surface area is 102 Å². The van der Waals surface area contributed by atoms with Gasteiger partial charge in [-0.3, -0.25) is 9.59 Å². The van der Waals surface area contributed by atoms with E-state index >= 15 is 0 Å². The van der Waals surface area contributed by atoms with Gasteiger partial charge in [-0.2, -0.15) is 0 Å². The Morgan fingerprint density at radius 2 is 1.59 bits per heavy atom. The van der Waals surface area contributed by atoms with Crippen LogP contribution < -0.4 is 10.6 Å². The molecule has 0 unspecified atom stereocenters. The minimum atomic E-state index is -2.63. The van der Waals surface area contributed by atoms with Gasteiger partial charge in [-0.25, -0.2) is 0 Å². The Balaban J connectivity index is 3.88. The van der Waals surface area contributed by atoms with Crippen LogP contribution in [0.3, 0.4) is 0 Å². The molecular weight excluding hydrogens is 244 g/mol.